The van der Waals surface area contributed by atoms with E-state index in [0.29, 0.717) is 12.5 Å². The van der Waals surface area contributed by atoms with Gasteiger partial charge in [-0.15, -0.1) is 11.6 Å². The number of hydrogen-bond donors (Lipinski definition) is 0. The first-order valence-corrected chi connectivity index (χ1v) is 4.99. The molecule has 14 heavy (non-hydrogen) atoms. The Hall–Kier alpha value is -1.02. The Bertz CT molecular complexity index is 336. The van der Waals surface area contributed by atoms with Gasteiger partial charge in [0.05, 0.1) is 11.6 Å². The Kier molecular flexibility index (Phi) is 3.96. The molecule has 0 amide bonds. The zero-order valence-electron chi connectivity index (χ0n) is 8.51. The fourth-order valence-corrected chi connectivity index (χ4v) is 1.53. The van der Waals surface area contributed by atoms with Crippen molar-refractivity contribution >= 4 is 11.6 Å². The first kappa shape index (κ1) is 11.1. The lowest BCUT2D eigenvalue weighted by Crippen LogP contribution is -2.01. The van der Waals surface area contributed by atoms with E-state index in [1.54, 1.807) is 12.3 Å². The van der Waals surface area contributed by atoms with Crippen LogP contribution in [0.3, 0.4) is 0 Å². The molecule has 0 radical (unpaired) electrons. The minimum absolute atomic E-state index is 0.413. The van der Waals surface area contributed by atoms with E-state index < -0.39 is 0 Å². The molecular weight excluding hydrogens is 198 g/mol. The predicted octanol–water partition coefficient (Wildman–Crippen LogP) is 3.00. The molecule has 1 rings (SSSR count). The normalized spacial score (nSPS) is 9.93. The van der Waals surface area contributed by atoms with E-state index in [0.717, 1.165) is 22.6 Å². The second-order valence-corrected chi connectivity index (χ2v) is 3.34. The highest BCUT2D eigenvalue weighted by molar-refractivity contribution is 6.17. The molecule has 0 N–H and O–H groups in total. The molecule has 2 nitrogen and oxygen atoms in total. The van der Waals surface area contributed by atoms with Crippen LogP contribution < -0.4 is 4.74 Å². The number of aromatic nitrogens is 1. The summed E-state index contributed by atoms with van der Waals surface area (Å²) in [4.78, 5) is 4.23. The summed E-state index contributed by atoms with van der Waals surface area (Å²) in [5, 5.41) is 0. The summed E-state index contributed by atoms with van der Waals surface area (Å²) in [6, 6.07) is 0. The molecule has 76 valence electrons. The molecule has 3 heteroatoms. The van der Waals surface area contributed by atoms with Crippen LogP contribution in [0.4, 0.5) is 0 Å². The monoisotopic (exact) mass is 211 g/mol. The molecule has 0 aliphatic carbocycles. The van der Waals surface area contributed by atoms with Crippen LogP contribution in [-0.2, 0) is 5.88 Å². The summed E-state index contributed by atoms with van der Waals surface area (Å²) in [7, 11) is 0. The summed E-state index contributed by atoms with van der Waals surface area (Å²) < 4.78 is 5.54. The highest BCUT2D eigenvalue weighted by Crippen LogP contribution is 2.25. The Labute approximate surface area is 89.6 Å². The lowest BCUT2D eigenvalue weighted by molar-refractivity contribution is 0.357. The third-order valence-electron chi connectivity index (χ3n) is 2.02. The van der Waals surface area contributed by atoms with Gasteiger partial charge in [-0.05, 0) is 13.8 Å². The quantitative estimate of drug-likeness (QED) is 0.564. The fourth-order valence-electron chi connectivity index (χ4n) is 1.26. The van der Waals surface area contributed by atoms with Crippen molar-refractivity contribution in [3.05, 3.63) is 35.7 Å². The van der Waals surface area contributed by atoms with E-state index in [4.69, 9.17) is 16.3 Å². The van der Waals surface area contributed by atoms with Gasteiger partial charge in [-0.25, -0.2) is 0 Å². The van der Waals surface area contributed by atoms with Crippen molar-refractivity contribution in [1.82, 2.24) is 4.98 Å². The summed E-state index contributed by atoms with van der Waals surface area (Å²) in [6.45, 7) is 8.06. The van der Waals surface area contributed by atoms with Gasteiger partial charge in [-0.1, -0.05) is 12.7 Å². The summed E-state index contributed by atoms with van der Waals surface area (Å²) in [5.41, 5.74) is 2.91. The third kappa shape index (κ3) is 2.26. The number of rotatable bonds is 4. The zero-order chi connectivity index (χ0) is 10.6. The fraction of sp³-hybridized carbons (Fsp3) is 0.364. The molecule has 0 aliphatic heterocycles. The average Bonchev–Trinajstić information content (AvgIpc) is 2.18. The average molecular weight is 212 g/mol. The number of nitrogens with zero attached hydrogens (tertiary/aromatic N) is 1. The molecule has 0 saturated carbocycles. The molecule has 1 heterocycles. The van der Waals surface area contributed by atoms with Gasteiger partial charge in [0.15, 0.2) is 0 Å². The third-order valence-corrected chi connectivity index (χ3v) is 2.27. The van der Waals surface area contributed by atoms with Crippen LogP contribution in [0.15, 0.2) is 18.9 Å². The maximum Gasteiger partial charge on any atom is 0.128 e. The van der Waals surface area contributed by atoms with Crippen LogP contribution in [-0.4, -0.2) is 11.6 Å². The van der Waals surface area contributed by atoms with Crippen LogP contribution in [0.1, 0.15) is 16.8 Å². The second-order valence-electron chi connectivity index (χ2n) is 3.08. The molecule has 1 aromatic heterocycles. The van der Waals surface area contributed by atoms with Crippen molar-refractivity contribution in [1.29, 1.82) is 0 Å². The van der Waals surface area contributed by atoms with E-state index in [9.17, 15) is 0 Å². The van der Waals surface area contributed by atoms with E-state index in [1.165, 1.54) is 0 Å². The molecule has 1 aromatic rings. The van der Waals surface area contributed by atoms with Gasteiger partial charge < -0.3 is 4.74 Å². The topological polar surface area (TPSA) is 22.1 Å². The zero-order valence-corrected chi connectivity index (χ0v) is 9.27. The standard InChI is InChI=1S/C11H14ClNO/c1-4-5-14-11-8(2)7-13-10(6-12)9(11)3/h4,7H,1,5-6H2,2-3H3. The van der Waals surface area contributed by atoms with Crippen LogP contribution in [0.2, 0.25) is 0 Å². The lowest BCUT2D eigenvalue weighted by Gasteiger charge is -2.12. The van der Waals surface area contributed by atoms with Gasteiger partial charge in [-0.2, -0.15) is 0 Å². The van der Waals surface area contributed by atoms with E-state index in [1.807, 2.05) is 13.8 Å². The highest BCUT2D eigenvalue weighted by Gasteiger charge is 2.08. The maximum absolute atomic E-state index is 5.75. The Morgan fingerprint density at radius 2 is 2.29 bits per heavy atom. The van der Waals surface area contributed by atoms with Crippen molar-refractivity contribution in [3.63, 3.8) is 0 Å². The first-order chi connectivity index (χ1) is 6.70. The maximum atomic E-state index is 5.75. The van der Waals surface area contributed by atoms with Crippen LogP contribution in [0, 0.1) is 13.8 Å². The Morgan fingerprint density at radius 1 is 1.57 bits per heavy atom. The molecule has 0 saturated heterocycles. The molecule has 0 aromatic carbocycles. The molecule has 0 unspecified atom stereocenters. The largest absolute Gasteiger partial charge is 0.489 e. The molecule has 0 aliphatic rings. The number of alkyl halides is 1. The molecule has 0 atom stereocenters. The second kappa shape index (κ2) is 5.01. The van der Waals surface area contributed by atoms with E-state index in [2.05, 4.69) is 11.6 Å². The van der Waals surface area contributed by atoms with Crippen LogP contribution in [0.25, 0.3) is 0 Å². The Morgan fingerprint density at radius 3 is 2.86 bits per heavy atom. The first-order valence-electron chi connectivity index (χ1n) is 4.45. The van der Waals surface area contributed by atoms with Crippen LogP contribution in [0.5, 0.6) is 5.75 Å². The van der Waals surface area contributed by atoms with Crippen molar-refractivity contribution in [2.24, 2.45) is 0 Å². The molecule has 0 bridgehead atoms. The van der Waals surface area contributed by atoms with Crippen molar-refractivity contribution < 1.29 is 4.74 Å². The van der Waals surface area contributed by atoms with Crippen LogP contribution >= 0.6 is 11.6 Å². The lowest BCUT2D eigenvalue weighted by atomic mass is 10.1. The van der Waals surface area contributed by atoms with Gasteiger partial charge in [0.2, 0.25) is 0 Å². The van der Waals surface area contributed by atoms with Gasteiger partial charge in [0.25, 0.3) is 0 Å². The molecular formula is C11H14ClNO. The number of halogens is 1. The highest BCUT2D eigenvalue weighted by atomic mass is 35.5. The van der Waals surface area contributed by atoms with Gasteiger partial charge >= 0.3 is 0 Å². The predicted molar refractivity (Wildman–Crippen MR) is 59.0 cm³/mol. The minimum atomic E-state index is 0.413. The van der Waals surface area contributed by atoms with Gasteiger partial charge in [0, 0.05) is 17.3 Å². The van der Waals surface area contributed by atoms with E-state index >= 15 is 0 Å². The van der Waals surface area contributed by atoms with E-state index in [-0.39, 0.29) is 0 Å². The number of aryl methyl sites for hydroxylation is 1. The minimum Gasteiger partial charge on any atom is -0.489 e. The summed E-state index contributed by atoms with van der Waals surface area (Å²) in [5.74, 6) is 1.28. The van der Waals surface area contributed by atoms with Gasteiger partial charge in [0.1, 0.15) is 12.4 Å². The number of hydrogen-bond acceptors (Lipinski definition) is 2. The SMILES string of the molecule is C=CCOc1c(C)cnc(CCl)c1C. The van der Waals surface area contributed by atoms with Gasteiger partial charge in [-0.3, -0.25) is 4.98 Å². The number of pyridine rings is 1. The Balaban J connectivity index is 3.04. The number of ether oxygens (including phenoxy) is 1. The molecule has 0 spiro atoms. The summed E-state index contributed by atoms with van der Waals surface area (Å²) >= 11 is 5.75. The van der Waals surface area contributed by atoms with Crippen molar-refractivity contribution in [2.75, 3.05) is 6.61 Å². The summed E-state index contributed by atoms with van der Waals surface area (Å²) in [6.07, 6.45) is 3.50. The smallest absolute Gasteiger partial charge is 0.128 e. The van der Waals surface area contributed by atoms with Crippen molar-refractivity contribution in [3.8, 4) is 5.75 Å². The van der Waals surface area contributed by atoms with Crippen molar-refractivity contribution in [2.45, 2.75) is 19.7 Å². The molecule has 0 fully saturated rings.